The molecule has 0 aliphatic carbocycles. The largest absolute Gasteiger partial charge is 0.381 e. The maximum Gasteiger partial charge on any atom is 0.219 e. The number of nitrogens with two attached hydrogens (primary N) is 1. The number of nitrogens with one attached hydrogen (secondary N) is 1. The minimum Gasteiger partial charge on any atom is -0.381 e. The molecular formula is C11H18N4O. The van der Waals surface area contributed by atoms with Crippen molar-refractivity contribution in [1.82, 2.24) is 4.98 Å². The Morgan fingerprint density at radius 3 is 2.69 bits per heavy atom. The van der Waals surface area contributed by atoms with Crippen molar-refractivity contribution in [3.05, 3.63) is 18.3 Å². The molecule has 0 bridgehead atoms. The van der Waals surface area contributed by atoms with E-state index in [2.05, 4.69) is 10.3 Å². The second kappa shape index (κ2) is 5.34. The molecule has 1 atom stereocenters. The lowest BCUT2D eigenvalue weighted by atomic mass is 10.2. The molecule has 1 unspecified atom stereocenters. The average Bonchev–Trinajstić information content (AvgIpc) is 2.16. The van der Waals surface area contributed by atoms with Crippen molar-refractivity contribution in [2.24, 2.45) is 5.73 Å². The van der Waals surface area contributed by atoms with Crippen LogP contribution in [0.3, 0.4) is 0 Å². The Morgan fingerprint density at radius 2 is 2.25 bits per heavy atom. The summed E-state index contributed by atoms with van der Waals surface area (Å²) in [6.07, 6.45) is 2.06. The first kappa shape index (κ1) is 12.3. The molecule has 5 nitrogen and oxygen atoms in total. The Morgan fingerprint density at radius 1 is 1.56 bits per heavy atom. The van der Waals surface area contributed by atoms with Gasteiger partial charge in [0.05, 0.1) is 11.9 Å². The van der Waals surface area contributed by atoms with E-state index in [-0.39, 0.29) is 11.9 Å². The third kappa shape index (κ3) is 3.76. The average molecular weight is 222 g/mol. The Labute approximate surface area is 95.7 Å². The van der Waals surface area contributed by atoms with Crippen LogP contribution in [0, 0.1) is 0 Å². The number of nitrogens with zero attached hydrogens (tertiary/aromatic N) is 2. The van der Waals surface area contributed by atoms with Crippen LogP contribution in [-0.4, -0.2) is 31.0 Å². The zero-order valence-corrected chi connectivity index (χ0v) is 9.90. The van der Waals surface area contributed by atoms with Crippen molar-refractivity contribution in [2.75, 3.05) is 24.3 Å². The number of amides is 1. The van der Waals surface area contributed by atoms with E-state index in [0.717, 1.165) is 11.5 Å². The first-order valence-electron chi connectivity index (χ1n) is 5.17. The minimum absolute atomic E-state index is 0.0181. The molecule has 1 heterocycles. The summed E-state index contributed by atoms with van der Waals surface area (Å²) in [5.41, 5.74) is 6.00. The van der Waals surface area contributed by atoms with Crippen molar-refractivity contribution >= 4 is 17.4 Å². The van der Waals surface area contributed by atoms with Crippen LogP contribution >= 0.6 is 0 Å². The Bertz CT molecular complexity index is 348. The van der Waals surface area contributed by atoms with Crippen molar-refractivity contribution < 1.29 is 4.79 Å². The maximum atomic E-state index is 10.7. The number of pyridine rings is 1. The van der Waals surface area contributed by atoms with E-state index < -0.39 is 0 Å². The van der Waals surface area contributed by atoms with Crippen LogP contribution in [0.2, 0.25) is 0 Å². The highest BCUT2D eigenvalue weighted by Gasteiger charge is 2.06. The molecule has 16 heavy (non-hydrogen) atoms. The molecule has 0 fully saturated rings. The molecule has 0 spiro atoms. The number of carbonyl (C=O) groups is 1. The molecule has 5 heteroatoms. The van der Waals surface area contributed by atoms with Crippen molar-refractivity contribution in [1.29, 1.82) is 0 Å². The van der Waals surface area contributed by atoms with Crippen LogP contribution in [0.25, 0.3) is 0 Å². The van der Waals surface area contributed by atoms with E-state index in [0.29, 0.717) is 6.42 Å². The van der Waals surface area contributed by atoms with Crippen molar-refractivity contribution in [3.63, 3.8) is 0 Å². The summed E-state index contributed by atoms with van der Waals surface area (Å²) in [6, 6.07) is 3.86. The number of anilines is 2. The van der Waals surface area contributed by atoms with Crippen molar-refractivity contribution in [3.8, 4) is 0 Å². The van der Waals surface area contributed by atoms with Gasteiger partial charge >= 0.3 is 0 Å². The smallest absolute Gasteiger partial charge is 0.219 e. The number of hydrogen-bond donors (Lipinski definition) is 2. The molecule has 1 aromatic rings. The van der Waals surface area contributed by atoms with Gasteiger partial charge in [-0.1, -0.05) is 0 Å². The molecule has 0 saturated carbocycles. The first-order valence-corrected chi connectivity index (χ1v) is 5.17. The van der Waals surface area contributed by atoms with Crippen LogP contribution in [0.5, 0.6) is 0 Å². The molecule has 0 aromatic carbocycles. The second-order valence-electron chi connectivity index (χ2n) is 4.02. The molecule has 1 aromatic heterocycles. The number of aromatic nitrogens is 1. The van der Waals surface area contributed by atoms with E-state index in [4.69, 9.17) is 5.73 Å². The second-order valence-corrected chi connectivity index (χ2v) is 4.02. The van der Waals surface area contributed by atoms with Crippen LogP contribution in [0.15, 0.2) is 18.3 Å². The van der Waals surface area contributed by atoms with Gasteiger partial charge in [0.1, 0.15) is 5.82 Å². The summed E-state index contributed by atoms with van der Waals surface area (Å²) in [4.78, 5) is 16.9. The topological polar surface area (TPSA) is 71.2 Å². The maximum absolute atomic E-state index is 10.7. The summed E-state index contributed by atoms with van der Waals surface area (Å²) < 4.78 is 0. The highest BCUT2D eigenvalue weighted by Crippen LogP contribution is 2.13. The highest BCUT2D eigenvalue weighted by atomic mass is 16.1. The number of primary amides is 1. The molecule has 3 N–H and O–H groups in total. The Kier molecular flexibility index (Phi) is 4.10. The Balaban J connectivity index is 2.58. The molecule has 0 aliphatic heterocycles. The fourth-order valence-electron chi connectivity index (χ4n) is 1.37. The van der Waals surface area contributed by atoms with Crippen molar-refractivity contribution in [2.45, 2.75) is 19.4 Å². The molecule has 1 amide bonds. The molecule has 0 saturated heterocycles. The lowest BCUT2D eigenvalue weighted by molar-refractivity contribution is -0.118. The summed E-state index contributed by atoms with van der Waals surface area (Å²) >= 11 is 0. The van der Waals surface area contributed by atoms with E-state index in [1.165, 1.54) is 0 Å². The van der Waals surface area contributed by atoms with Gasteiger partial charge in [0.2, 0.25) is 5.91 Å². The number of rotatable bonds is 5. The zero-order chi connectivity index (χ0) is 12.1. The van der Waals surface area contributed by atoms with Gasteiger partial charge in [0.15, 0.2) is 0 Å². The molecular weight excluding hydrogens is 204 g/mol. The van der Waals surface area contributed by atoms with E-state index in [1.807, 2.05) is 38.1 Å². The highest BCUT2D eigenvalue weighted by molar-refractivity contribution is 5.74. The summed E-state index contributed by atoms with van der Waals surface area (Å²) in [5.74, 6) is 0.589. The first-order chi connectivity index (χ1) is 7.49. The zero-order valence-electron chi connectivity index (χ0n) is 9.90. The summed E-state index contributed by atoms with van der Waals surface area (Å²) in [6.45, 7) is 1.91. The van der Waals surface area contributed by atoms with E-state index in [1.54, 1.807) is 6.20 Å². The van der Waals surface area contributed by atoms with Gasteiger partial charge in [-0.25, -0.2) is 4.98 Å². The Hall–Kier alpha value is -1.78. The molecule has 0 radical (unpaired) electrons. The van der Waals surface area contributed by atoms with Crippen LogP contribution < -0.4 is 16.0 Å². The van der Waals surface area contributed by atoms with Crippen LogP contribution in [0.4, 0.5) is 11.5 Å². The molecule has 0 aliphatic rings. The third-order valence-corrected chi connectivity index (χ3v) is 2.13. The quantitative estimate of drug-likeness (QED) is 0.774. The fraction of sp³-hybridized carbons (Fsp3) is 0.455. The van der Waals surface area contributed by atoms with Crippen LogP contribution in [-0.2, 0) is 4.79 Å². The SMILES string of the molecule is CC(CC(N)=O)Nc1ccc(N(C)C)nc1. The summed E-state index contributed by atoms with van der Waals surface area (Å²) in [7, 11) is 3.87. The number of hydrogen-bond acceptors (Lipinski definition) is 4. The number of carbonyl (C=O) groups excluding carboxylic acids is 1. The summed E-state index contributed by atoms with van der Waals surface area (Å²) in [5, 5.41) is 3.16. The van der Waals surface area contributed by atoms with Gasteiger partial charge in [0.25, 0.3) is 0 Å². The monoisotopic (exact) mass is 222 g/mol. The van der Waals surface area contributed by atoms with Crippen LogP contribution in [0.1, 0.15) is 13.3 Å². The third-order valence-electron chi connectivity index (χ3n) is 2.13. The predicted octanol–water partition coefficient (Wildman–Crippen LogP) is 0.823. The van der Waals surface area contributed by atoms with Gasteiger partial charge in [-0.2, -0.15) is 0 Å². The normalized spacial score (nSPS) is 11.9. The lowest BCUT2D eigenvalue weighted by Gasteiger charge is -2.15. The standard InChI is InChI=1S/C11H18N4O/c1-8(6-10(12)16)14-9-4-5-11(13-7-9)15(2)3/h4-5,7-8,14H,6H2,1-3H3,(H2,12,16). The fourth-order valence-corrected chi connectivity index (χ4v) is 1.37. The van der Waals surface area contributed by atoms with Gasteiger partial charge in [-0.3, -0.25) is 4.79 Å². The molecule has 88 valence electrons. The van der Waals surface area contributed by atoms with Gasteiger partial charge in [-0.05, 0) is 19.1 Å². The van der Waals surface area contributed by atoms with Gasteiger partial charge < -0.3 is 16.0 Å². The van der Waals surface area contributed by atoms with E-state index >= 15 is 0 Å². The van der Waals surface area contributed by atoms with E-state index in [9.17, 15) is 4.79 Å². The lowest BCUT2D eigenvalue weighted by Crippen LogP contribution is -2.24. The van der Waals surface area contributed by atoms with Gasteiger partial charge in [0, 0.05) is 26.6 Å². The van der Waals surface area contributed by atoms with Gasteiger partial charge in [-0.15, -0.1) is 0 Å². The minimum atomic E-state index is -0.308. The predicted molar refractivity (Wildman–Crippen MR) is 65.5 cm³/mol. The molecule has 1 rings (SSSR count).